The van der Waals surface area contributed by atoms with E-state index in [2.05, 4.69) is 196 Å². The Labute approximate surface area is 343 Å². The zero-order valence-electron chi connectivity index (χ0n) is 35.6. The van der Waals surface area contributed by atoms with Gasteiger partial charge in [0.25, 0.3) is 0 Å². The van der Waals surface area contributed by atoms with Crippen LogP contribution in [-0.2, 0) is 21.7 Å². The molecular weight excluding hydrogens is 711 g/mol. The molecule has 3 nitrogen and oxygen atoms in total. The van der Waals surface area contributed by atoms with Gasteiger partial charge in [-0.3, -0.25) is 0 Å². The lowest BCUT2D eigenvalue weighted by atomic mass is 9.43. The molecular formula is C52H53BN2OS. The zero-order valence-corrected chi connectivity index (χ0v) is 36.4. The van der Waals surface area contributed by atoms with Crippen molar-refractivity contribution < 1.29 is 4.74 Å². The Hall–Kier alpha value is -5.00. The third-order valence-electron chi connectivity index (χ3n) is 12.6. The molecule has 0 amide bonds. The van der Waals surface area contributed by atoms with Crippen LogP contribution < -0.4 is 25.4 Å². The average Bonchev–Trinajstić information content (AvgIpc) is 3.52. The number of benzene rings is 6. The minimum atomic E-state index is -0.0832. The first kappa shape index (κ1) is 36.4. The summed E-state index contributed by atoms with van der Waals surface area (Å²) in [7, 11) is 0. The Morgan fingerprint density at radius 3 is 1.81 bits per heavy atom. The van der Waals surface area contributed by atoms with E-state index < -0.39 is 0 Å². The molecule has 3 aliphatic rings. The molecule has 0 bridgehead atoms. The van der Waals surface area contributed by atoms with Crippen LogP contribution in [0.4, 0.5) is 28.4 Å². The second-order valence-electron chi connectivity index (χ2n) is 20.7. The molecule has 5 heteroatoms. The SMILES string of the molecule is CC(C)(C)c1ccc(N2c3cc(C(C)(C)C)ccc3B3c4c(cc5c(sc6ccccc65)c42)-c2cc(C(C)(C)C)cc4c2N3c2ccc(C(C)(C)C)cc2O4)cc1. The van der Waals surface area contributed by atoms with Crippen molar-refractivity contribution in [2.45, 2.75) is 105 Å². The van der Waals surface area contributed by atoms with Crippen molar-refractivity contribution in [2.24, 2.45) is 0 Å². The molecule has 3 aliphatic heterocycles. The van der Waals surface area contributed by atoms with Gasteiger partial charge in [0.05, 0.1) is 21.8 Å². The second-order valence-corrected chi connectivity index (χ2v) is 21.8. The molecule has 4 heterocycles. The fourth-order valence-corrected chi connectivity index (χ4v) is 10.5. The Morgan fingerprint density at radius 1 is 0.509 bits per heavy atom. The quantitative estimate of drug-likeness (QED) is 0.155. The molecule has 0 saturated carbocycles. The maximum atomic E-state index is 7.13. The standard InChI is InChI=1S/C52H53BN2OS/c1-49(2,3)30-17-21-34(22-18-30)54-41-26-31(50(4,5)6)19-23-39(41)53-45-36(29-38-35-15-13-14-16-44(35)57-48(38)47(45)54)37-25-33(52(10,11)12)28-43-46(37)55(53)40-24-20-32(51(7,8)9)27-42(40)56-43/h13-29H,1-12H3. The van der Waals surface area contributed by atoms with Crippen LogP contribution in [0.25, 0.3) is 31.3 Å². The maximum absolute atomic E-state index is 7.13. The molecule has 1 aromatic heterocycles. The van der Waals surface area contributed by atoms with Crippen molar-refractivity contribution in [2.75, 3.05) is 9.71 Å². The van der Waals surface area contributed by atoms with E-state index in [1.54, 1.807) is 0 Å². The van der Waals surface area contributed by atoms with Gasteiger partial charge in [0, 0.05) is 32.4 Å². The highest BCUT2D eigenvalue weighted by molar-refractivity contribution is 7.26. The smallest absolute Gasteiger partial charge is 0.333 e. The minimum Gasteiger partial charge on any atom is -0.453 e. The number of ether oxygens (including phenoxy) is 1. The van der Waals surface area contributed by atoms with Gasteiger partial charge < -0.3 is 14.4 Å². The highest BCUT2D eigenvalue weighted by Crippen LogP contribution is 2.58. The van der Waals surface area contributed by atoms with Gasteiger partial charge in [0.15, 0.2) is 5.75 Å². The molecule has 10 rings (SSSR count). The highest BCUT2D eigenvalue weighted by Gasteiger charge is 2.49. The number of hydrogen-bond acceptors (Lipinski definition) is 4. The van der Waals surface area contributed by atoms with Crippen molar-refractivity contribution in [3.8, 4) is 22.6 Å². The van der Waals surface area contributed by atoms with Gasteiger partial charge in [-0.2, -0.15) is 0 Å². The van der Waals surface area contributed by atoms with Crippen LogP contribution in [0.3, 0.4) is 0 Å². The number of anilines is 5. The topological polar surface area (TPSA) is 15.7 Å². The van der Waals surface area contributed by atoms with E-state index in [1.807, 2.05) is 11.3 Å². The zero-order chi connectivity index (χ0) is 40.1. The van der Waals surface area contributed by atoms with Crippen molar-refractivity contribution in [1.82, 2.24) is 0 Å². The van der Waals surface area contributed by atoms with Crippen LogP contribution in [0.5, 0.6) is 11.5 Å². The van der Waals surface area contributed by atoms with Crippen molar-refractivity contribution >= 4 is 77.7 Å². The molecule has 0 unspecified atom stereocenters. The minimum absolute atomic E-state index is 0.0185. The molecule has 0 aliphatic carbocycles. The summed E-state index contributed by atoms with van der Waals surface area (Å²) in [5.74, 6) is 1.86. The van der Waals surface area contributed by atoms with Crippen molar-refractivity contribution in [3.63, 3.8) is 0 Å². The molecule has 286 valence electrons. The maximum Gasteiger partial charge on any atom is 0.333 e. The van der Waals surface area contributed by atoms with E-state index in [-0.39, 0.29) is 28.5 Å². The summed E-state index contributed by atoms with van der Waals surface area (Å²) in [4.78, 5) is 5.26. The Kier molecular flexibility index (Phi) is 7.52. The van der Waals surface area contributed by atoms with Gasteiger partial charge in [-0.1, -0.05) is 132 Å². The molecule has 0 N–H and O–H groups in total. The van der Waals surface area contributed by atoms with Gasteiger partial charge in [0.2, 0.25) is 0 Å². The lowest BCUT2D eigenvalue weighted by Crippen LogP contribution is -2.62. The lowest BCUT2D eigenvalue weighted by molar-refractivity contribution is 0.470. The van der Waals surface area contributed by atoms with E-state index in [0.717, 1.165) is 22.9 Å². The summed E-state index contributed by atoms with van der Waals surface area (Å²) >= 11 is 1.93. The summed E-state index contributed by atoms with van der Waals surface area (Å²) < 4.78 is 9.77. The Balaban J connectivity index is 1.38. The van der Waals surface area contributed by atoms with E-state index in [0.29, 0.717) is 0 Å². The van der Waals surface area contributed by atoms with Crippen molar-refractivity contribution in [3.05, 3.63) is 125 Å². The first-order valence-corrected chi connectivity index (χ1v) is 21.4. The summed E-state index contributed by atoms with van der Waals surface area (Å²) in [5, 5.41) is 2.62. The first-order valence-electron chi connectivity index (χ1n) is 20.6. The van der Waals surface area contributed by atoms with Gasteiger partial charge in [-0.25, -0.2) is 0 Å². The molecule has 57 heavy (non-hydrogen) atoms. The first-order chi connectivity index (χ1) is 26.8. The van der Waals surface area contributed by atoms with Crippen LogP contribution in [0.15, 0.2) is 103 Å². The van der Waals surface area contributed by atoms with Crippen LogP contribution >= 0.6 is 11.3 Å². The van der Waals surface area contributed by atoms with Crippen LogP contribution in [-0.4, -0.2) is 6.85 Å². The van der Waals surface area contributed by atoms with E-state index >= 15 is 0 Å². The number of nitrogens with zero attached hydrogens (tertiary/aromatic N) is 2. The van der Waals surface area contributed by atoms with Crippen LogP contribution in [0.2, 0.25) is 0 Å². The number of thiophene rings is 1. The van der Waals surface area contributed by atoms with Gasteiger partial charge in [-0.15, -0.1) is 11.3 Å². The van der Waals surface area contributed by atoms with E-state index in [4.69, 9.17) is 4.74 Å². The fraction of sp³-hybridized carbons (Fsp3) is 0.308. The third kappa shape index (κ3) is 5.44. The Morgan fingerprint density at radius 2 is 1.12 bits per heavy atom. The van der Waals surface area contributed by atoms with Crippen LogP contribution in [0, 0.1) is 0 Å². The van der Waals surface area contributed by atoms with E-state index in [1.165, 1.54) is 81.5 Å². The molecule has 0 radical (unpaired) electrons. The molecule has 6 aromatic carbocycles. The van der Waals surface area contributed by atoms with Crippen LogP contribution in [0.1, 0.15) is 105 Å². The van der Waals surface area contributed by atoms with Gasteiger partial charge >= 0.3 is 6.85 Å². The largest absolute Gasteiger partial charge is 0.453 e. The summed E-state index contributed by atoms with van der Waals surface area (Å²) in [5.41, 5.74) is 16.3. The molecule has 0 spiro atoms. The summed E-state index contributed by atoms with van der Waals surface area (Å²) in [6, 6.07) is 39.9. The molecule has 7 aromatic rings. The van der Waals surface area contributed by atoms with Crippen molar-refractivity contribution in [1.29, 1.82) is 0 Å². The lowest BCUT2D eigenvalue weighted by Gasteiger charge is -2.48. The van der Waals surface area contributed by atoms with Gasteiger partial charge in [-0.05, 0) is 115 Å². The van der Waals surface area contributed by atoms with Gasteiger partial charge in [0.1, 0.15) is 5.75 Å². The number of hydrogen-bond donors (Lipinski definition) is 0. The molecule has 0 saturated heterocycles. The third-order valence-corrected chi connectivity index (χ3v) is 13.8. The second kappa shape index (κ2) is 11.8. The summed E-state index contributed by atoms with van der Waals surface area (Å²) in [6.07, 6.45) is 0. The normalized spacial score (nSPS) is 14.7. The highest BCUT2D eigenvalue weighted by atomic mass is 32.1. The average molecular weight is 765 g/mol. The fourth-order valence-electron chi connectivity index (χ4n) is 9.28. The summed E-state index contributed by atoms with van der Waals surface area (Å²) in [6.45, 7) is 27.6. The predicted molar refractivity (Wildman–Crippen MR) is 248 cm³/mol. The van der Waals surface area contributed by atoms with E-state index in [9.17, 15) is 0 Å². The Bertz CT molecular complexity index is 2820. The predicted octanol–water partition coefficient (Wildman–Crippen LogP) is 14.1. The molecule has 0 atom stereocenters. The molecule has 0 fully saturated rings. The monoisotopic (exact) mass is 764 g/mol. The number of rotatable bonds is 1. The number of fused-ring (bicyclic) bond motifs is 10.